The molecule has 5 heteroatoms. The van der Waals surface area contributed by atoms with Crippen LogP contribution >= 0.6 is 11.6 Å². The summed E-state index contributed by atoms with van der Waals surface area (Å²) in [6, 6.07) is 22.6. The van der Waals surface area contributed by atoms with E-state index in [2.05, 4.69) is 0 Å². The number of carbonyl (C=O) groups excluding carboxylic acids is 2. The van der Waals surface area contributed by atoms with Crippen LogP contribution in [0.1, 0.15) is 22.3 Å². The molecule has 0 saturated heterocycles. The maximum atomic E-state index is 13.6. The number of aryl methyl sites for hydroxylation is 2. The molecular weight excluding hydrogens is 408 g/mol. The molecule has 0 bridgehead atoms. The van der Waals surface area contributed by atoms with E-state index in [0.29, 0.717) is 28.5 Å². The number of nitrogens with zero attached hydrogens (tertiary/aromatic N) is 2. The van der Waals surface area contributed by atoms with Crippen molar-refractivity contribution in [3.63, 3.8) is 0 Å². The number of rotatable bonds is 5. The molecule has 2 amide bonds. The molecule has 4 nitrogen and oxygen atoms in total. The largest absolute Gasteiger partial charge is 0.365 e. The number of benzene rings is 3. The van der Waals surface area contributed by atoms with Gasteiger partial charge < -0.3 is 4.90 Å². The number of carbonyl (C=O) groups is 2. The van der Waals surface area contributed by atoms with Gasteiger partial charge in [0, 0.05) is 13.6 Å². The van der Waals surface area contributed by atoms with Crippen molar-refractivity contribution in [1.82, 2.24) is 4.90 Å². The third-order valence-electron chi connectivity index (χ3n) is 5.59. The minimum absolute atomic E-state index is 0.357. The summed E-state index contributed by atoms with van der Waals surface area (Å²) in [6.45, 7) is 4.52. The van der Waals surface area contributed by atoms with Crippen molar-refractivity contribution < 1.29 is 9.59 Å². The van der Waals surface area contributed by atoms with Gasteiger partial charge in [0.15, 0.2) is 0 Å². The fourth-order valence-electron chi connectivity index (χ4n) is 3.82. The van der Waals surface area contributed by atoms with Crippen LogP contribution < -0.4 is 4.90 Å². The molecule has 0 radical (unpaired) electrons. The van der Waals surface area contributed by atoms with E-state index in [9.17, 15) is 9.59 Å². The standard InChI is InChI=1S/C26H23ClN2O2/c1-17-13-14-20(15-18(17)2)23-24(28(3)16-19-9-5-4-6-10-19)26(31)29(25(23)30)22-12-8-7-11-21(22)27/h4-15H,16H2,1-3H3. The van der Waals surface area contributed by atoms with E-state index >= 15 is 0 Å². The molecule has 1 aliphatic heterocycles. The first-order valence-electron chi connectivity index (χ1n) is 10.1. The van der Waals surface area contributed by atoms with Gasteiger partial charge in [-0.3, -0.25) is 9.59 Å². The zero-order chi connectivity index (χ0) is 22.1. The first kappa shape index (κ1) is 20.9. The Morgan fingerprint density at radius 2 is 1.52 bits per heavy atom. The van der Waals surface area contributed by atoms with E-state index in [-0.39, 0.29) is 11.8 Å². The second kappa shape index (κ2) is 8.40. The highest BCUT2D eigenvalue weighted by Gasteiger charge is 2.42. The van der Waals surface area contributed by atoms with Crippen LogP contribution in [0, 0.1) is 13.8 Å². The van der Waals surface area contributed by atoms with E-state index in [1.807, 2.05) is 74.3 Å². The minimum Gasteiger partial charge on any atom is -0.365 e. The molecule has 1 aliphatic rings. The number of hydrogen-bond acceptors (Lipinski definition) is 3. The van der Waals surface area contributed by atoms with E-state index < -0.39 is 0 Å². The maximum Gasteiger partial charge on any atom is 0.282 e. The fraction of sp³-hybridized carbons (Fsp3) is 0.154. The van der Waals surface area contributed by atoms with Gasteiger partial charge >= 0.3 is 0 Å². The predicted molar refractivity (Wildman–Crippen MR) is 125 cm³/mol. The minimum atomic E-state index is -0.371. The van der Waals surface area contributed by atoms with E-state index in [1.54, 1.807) is 24.3 Å². The van der Waals surface area contributed by atoms with Crippen LogP contribution in [-0.4, -0.2) is 23.8 Å². The number of amides is 2. The number of para-hydroxylation sites is 1. The summed E-state index contributed by atoms with van der Waals surface area (Å²) in [5, 5.41) is 0.357. The lowest BCUT2D eigenvalue weighted by atomic mass is 9.99. The first-order valence-corrected chi connectivity index (χ1v) is 10.5. The van der Waals surface area contributed by atoms with Crippen molar-refractivity contribution in [2.24, 2.45) is 0 Å². The Labute approximate surface area is 187 Å². The molecule has 156 valence electrons. The molecule has 4 rings (SSSR count). The summed E-state index contributed by atoms with van der Waals surface area (Å²) in [5.41, 5.74) is 5.13. The molecule has 0 atom stereocenters. The Kier molecular flexibility index (Phi) is 5.66. The Balaban J connectivity index is 1.84. The van der Waals surface area contributed by atoms with Gasteiger partial charge in [-0.05, 0) is 48.2 Å². The van der Waals surface area contributed by atoms with Crippen LogP contribution in [0.15, 0.2) is 78.5 Å². The molecule has 3 aromatic carbocycles. The van der Waals surface area contributed by atoms with Gasteiger partial charge in [-0.1, -0.05) is 72.3 Å². The summed E-state index contributed by atoms with van der Waals surface area (Å²) in [6.07, 6.45) is 0. The predicted octanol–water partition coefficient (Wildman–Crippen LogP) is 5.37. The molecule has 0 spiro atoms. The van der Waals surface area contributed by atoms with Crippen molar-refractivity contribution >= 4 is 34.7 Å². The molecule has 0 unspecified atom stereocenters. The molecule has 0 aromatic heterocycles. The lowest BCUT2D eigenvalue weighted by Crippen LogP contribution is -2.34. The Morgan fingerprint density at radius 1 is 0.839 bits per heavy atom. The summed E-state index contributed by atoms with van der Waals surface area (Å²) >= 11 is 6.35. The number of imide groups is 1. The average molecular weight is 431 g/mol. The smallest absolute Gasteiger partial charge is 0.282 e. The third kappa shape index (κ3) is 3.87. The Morgan fingerprint density at radius 3 is 2.19 bits per heavy atom. The van der Waals surface area contributed by atoms with E-state index in [0.717, 1.165) is 22.3 Å². The molecule has 0 fully saturated rings. The highest BCUT2D eigenvalue weighted by Crippen LogP contribution is 2.37. The highest BCUT2D eigenvalue weighted by atomic mass is 35.5. The second-order valence-electron chi connectivity index (χ2n) is 7.76. The topological polar surface area (TPSA) is 40.6 Å². The van der Waals surface area contributed by atoms with Gasteiger partial charge in [0.2, 0.25) is 0 Å². The number of hydrogen-bond donors (Lipinski definition) is 0. The molecule has 0 saturated carbocycles. The summed E-state index contributed by atoms with van der Waals surface area (Å²) in [5.74, 6) is -0.735. The highest BCUT2D eigenvalue weighted by molar-refractivity contribution is 6.47. The summed E-state index contributed by atoms with van der Waals surface area (Å²) in [4.78, 5) is 30.2. The molecular formula is C26H23ClN2O2. The van der Waals surface area contributed by atoms with Crippen LogP contribution in [0.25, 0.3) is 5.57 Å². The van der Waals surface area contributed by atoms with Crippen LogP contribution in [0.5, 0.6) is 0 Å². The monoisotopic (exact) mass is 430 g/mol. The Bertz CT molecular complexity index is 1200. The Hall–Kier alpha value is -3.37. The quantitative estimate of drug-likeness (QED) is 0.511. The fourth-order valence-corrected chi connectivity index (χ4v) is 4.04. The van der Waals surface area contributed by atoms with E-state index in [1.165, 1.54) is 4.90 Å². The van der Waals surface area contributed by atoms with Gasteiger partial charge in [0.25, 0.3) is 11.8 Å². The zero-order valence-electron chi connectivity index (χ0n) is 17.7. The normalized spacial score (nSPS) is 13.9. The van der Waals surface area contributed by atoms with Crippen LogP contribution in [0.2, 0.25) is 5.02 Å². The number of anilines is 1. The van der Waals surface area contributed by atoms with Crippen molar-refractivity contribution in [1.29, 1.82) is 0 Å². The third-order valence-corrected chi connectivity index (χ3v) is 5.91. The van der Waals surface area contributed by atoms with Gasteiger partial charge in [0.1, 0.15) is 5.70 Å². The van der Waals surface area contributed by atoms with Crippen LogP contribution in [0.3, 0.4) is 0 Å². The second-order valence-corrected chi connectivity index (χ2v) is 8.17. The molecule has 31 heavy (non-hydrogen) atoms. The van der Waals surface area contributed by atoms with Gasteiger partial charge in [-0.15, -0.1) is 0 Å². The zero-order valence-corrected chi connectivity index (χ0v) is 18.5. The van der Waals surface area contributed by atoms with Crippen molar-refractivity contribution in [3.8, 4) is 0 Å². The molecule has 0 aliphatic carbocycles. The van der Waals surface area contributed by atoms with Crippen molar-refractivity contribution in [3.05, 3.63) is 106 Å². The molecule has 1 heterocycles. The summed E-state index contributed by atoms with van der Waals surface area (Å²) in [7, 11) is 1.84. The van der Waals surface area contributed by atoms with Gasteiger partial charge in [-0.25, -0.2) is 4.90 Å². The van der Waals surface area contributed by atoms with Gasteiger partial charge in [-0.2, -0.15) is 0 Å². The van der Waals surface area contributed by atoms with Crippen molar-refractivity contribution in [2.45, 2.75) is 20.4 Å². The number of likely N-dealkylation sites (N-methyl/N-ethyl adjacent to an activating group) is 1. The van der Waals surface area contributed by atoms with Crippen molar-refractivity contribution in [2.75, 3.05) is 11.9 Å². The van der Waals surface area contributed by atoms with Crippen LogP contribution in [0.4, 0.5) is 5.69 Å². The maximum absolute atomic E-state index is 13.6. The van der Waals surface area contributed by atoms with Crippen LogP contribution in [-0.2, 0) is 16.1 Å². The number of halogens is 1. The first-order chi connectivity index (χ1) is 14.9. The molecule has 3 aromatic rings. The van der Waals surface area contributed by atoms with Gasteiger partial charge in [0.05, 0.1) is 16.3 Å². The summed E-state index contributed by atoms with van der Waals surface area (Å²) < 4.78 is 0. The lowest BCUT2D eigenvalue weighted by molar-refractivity contribution is -0.120. The lowest BCUT2D eigenvalue weighted by Gasteiger charge is -2.22. The van der Waals surface area contributed by atoms with E-state index in [4.69, 9.17) is 11.6 Å². The molecule has 0 N–H and O–H groups in total. The average Bonchev–Trinajstić information content (AvgIpc) is 3.01. The SMILES string of the molecule is Cc1ccc(C2=C(N(C)Cc3ccccc3)C(=O)N(c3ccccc3Cl)C2=O)cc1C.